The normalized spacial score (nSPS) is 10.7. The van der Waals surface area contributed by atoms with Gasteiger partial charge < -0.3 is 5.11 Å². The van der Waals surface area contributed by atoms with Crippen molar-refractivity contribution in [2.75, 3.05) is 0 Å². The second-order valence-electron chi connectivity index (χ2n) is 3.45. The highest BCUT2D eigenvalue weighted by Crippen LogP contribution is 2.32. The summed E-state index contributed by atoms with van der Waals surface area (Å²) in [4.78, 5) is 1.16. The lowest BCUT2D eigenvalue weighted by Crippen LogP contribution is -1.86. The van der Waals surface area contributed by atoms with Crippen LogP contribution in [-0.2, 0) is 6.61 Å². The van der Waals surface area contributed by atoms with E-state index in [0.717, 1.165) is 25.4 Å². The molecule has 0 aliphatic carbocycles. The first-order valence-corrected chi connectivity index (χ1v) is 6.50. The van der Waals surface area contributed by atoms with Crippen molar-refractivity contribution in [1.29, 1.82) is 0 Å². The average molecular weight is 252 g/mol. The summed E-state index contributed by atoms with van der Waals surface area (Å²) < 4.78 is 0.956. The standard InChI is InChI=1S/C11H12N2OS2/c1-7-5-9(6-14)3-4-10(7)16-11-13-12-8(2)15-11/h3-5,14H,6H2,1-2H3. The monoisotopic (exact) mass is 252 g/mol. The van der Waals surface area contributed by atoms with Crippen LogP contribution in [0.4, 0.5) is 0 Å². The number of hydrogen-bond acceptors (Lipinski definition) is 5. The Morgan fingerprint density at radius 1 is 1.31 bits per heavy atom. The van der Waals surface area contributed by atoms with E-state index in [1.807, 2.05) is 32.0 Å². The minimum Gasteiger partial charge on any atom is -0.392 e. The summed E-state index contributed by atoms with van der Waals surface area (Å²) in [7, 11) is 0. The second kappa shape index (κ2) is 4.95. The maximum atomic E-state index is 9.02. The minimum atomic E-state index is 0.0870. The Balaban J connectivity index is 2.21. The lowest BCUT2D eigenvalue weighted by molar-refractivity contribution is 0.281. The molecule has 2 aromatic rings. The third-order valence-corrected chi connectivity index (χ3v) is 4.19. The molecule has 1 aromatic carbocycles. The van der Waals surface area contributed by atoms with Crippen molar-refractivity contribution in [2.45, 2.75) is 29.7 Å². The van der Waals surface area contributed by atoms with E-state index < -0.39 is 0 Å². The number of aliphatic hydroxyl groups is 1. The molecule has 0 aliphatic heterocycles. The molecule has 0 spiro atoms. The van der Waals surface area contributed by atoms with Gasteiger partial charge in [-0.2, -0.15) is 0 Å². The number of nitrogens with zero attached hydrogens (tertiary/aromatic N) is 2. The summed E-state index contributed by atoms with van der Waals surface area (Å²) in [6, 6.07) is 5.95. The van der Waals surface area contributed by atoms with Crippen LogP contribution in [0.15, 0.2) is 27.4 Å². The van der Waals surface area contributed by atoms with Gasteiger partial charge in [-0.25, -0.2) is 0 Å². The third-order valence-electron chi connectivity index (χ3n) is 2.13. The molecule has 0 unspecified atom stereocenters. The van der Waals surface area contributed by atoms with Crippen LogP contribution < -0.4 is 0 Å². The van der Waals surface area contributed by atoms with Gasteiger partial charge in [-0.15, -0.1) is 10.2 Å². The van der Waals surface area contributed by atoms with Crippen LogP contribution in [-0.4, -0.2) is 15.3 Å². The molecule has 1 aromatic heterocycles. The predicted octanol–water partition coefficient (Wildman–Crippen LogP) is 2.80. The van der Waals surface area contributed by atoms with E-state index in [4.69, 9.17) is 5.11 Å². The van der Waals surface area contributed by atoms with Gasteiger partial charge in [0.25, 0.3) is 0 Å². The number of rotatable bonds is 3. The molecular formula is C11H12N2OS2. The number of aryl methyl sites for hydroxylation is 2. The van der Waals surface area contributed by atoms with Crippen molar-refractivity contribution >= 4 is 23.1 Å². The molecule has 0 saturated heterocycles. The van der Waals surface area contributed by atoms with Gasteiger partial charge in [0, 0.05) is 4.90 Å². The first-order valence-electron chi connectivity index (χ1n) is 4.87. The zero-order chi connectivity index (χ0) is 11.5. The summed E-state index contributed by atoms with van der Waals surface area (Å²) in [6.07, 6.45) is 0. The zero-order valence-corrected chi connectivity index (χ0v) is 10.7. The molecule has 0 bridgehead atoms. The topological polar surface area (TPSA) is 46.0 Å². The van der Waals surface area contributed by atoms with Gasteiger partial charge in [-0.05, 0) is 31.0 Å². The van der Waals surface area contributed by atoms with Gasteiger partial charge in [-0.1, -0.05) is 35.2 Å². The molecule has 5 heteroatoms. The Morgan fingerprint density at radius 2 is 2.12 bits per heavy atom. The predicted molar refractivity (Wildman–Crippen MR) is 65.9 cm³/mol. The van der Waals surface area contributed by atoms with Gasteiger partial charge in [-0.3, -0.25) is 0 Å². The number of benzene rings is 1. The van der Waals surface area contributed by atoms with Crippen LogP contribution in [0.1, 0.15) is 16.1 Å². The first-order chi connectivity index (χ1) is 7.69. The highest BCUT2D eigenvalue weighted by molar-refractivity contribution is 8.01. The Bertz CT molecular complexity index is 496. The minimum absolute atomic E-state index is 0.0870. The Morgan fingerprint density at radius 3 is 2.69 bits per heavy atom. The SMILES string of the molecule is Cc1nnc(Sc2ccc(CO)cc2C)s1. The van der Waals surface area contributed by atoms with E-state index in [-0.39, 0.29) is 6.61 Å². The smallest absolute Gasteiger partial charge is 0.179 e. The fraction of sp³-hybridized carbons (Fsp3) is 0.273. The van der Waals surface area contributed by atoms with Crippen LogP contribution in [0.3, 0.4) is 0 Å². The summed E-state index contributed by atoms with van der Waals surface area (Å²) in [5, 5.41) is 18.1. The van der Waals surface area contributed by atoms with E-state index in [1.54, 1.807) is 23.1 Å². The lowest BCUT2D eigenvalue weighted by Gasteiger charge is -2.04. The van der Waals surface area contributed by atoms with E-state index in [9.17, 15) is 0 Å². The summed E-state index contributed by atoms with van der Waals surface area (Å²) in [5.41, 5.74) is 2.10. The molecule has 2 rings (SSSR count). The second-order valence-corrected chi connectivity index (χ2v) is 5.92. The Kier molecular flexibility index (Phi) is 3.58. The summed E-state index contributed by atoms with van der Waals surface area (Å²) in [5.74, 6) is 0. The summed E-state index contributed by atoms with van der Waals surface area (Å²) >= 11 is 3.21. The molecule has 16 heavy (non-hydrogen) atoms. The van der Waals surface area contributed by atoms with Crippen molar-refractivity contribution in [3.05, 3.63) is 34.3 Å². The largest absolute Gasteiger partial charge is 0.392 e. The number of aliphatic hydroxyl groups excluding tert-OH is 1. The van der Waals surface area contributed by atoms with Gasteiger partial charge in [0.2, 0.25) is 0 Å². The molecule has 1 N–H and O–H groups in total. The van der Waals surface area contributed by atoms with Crippen molar-refractivity contribution in [2.24, 2.45) is 0 Å². The van der Waals surface area contributed by atoms with Gasteiger partial charge in [0.1, 0.15) is 5.01 Å². The van der Waals surface area contributed by atoms with E-state index in [1.165, 1.54) is 0 Å². The maximum absolute atomic E-state index is 9.02. The highest BCUT2D eigenvalue weighted by Gasteiger charge is 2.06. The zero-order valence-electron chi connectivity index (χ0n) is 9.10. The molecule has 84 valence electrons. The average Bonchev–Trinajstić information content (AvgIpc) is 2.67. The van der Waals surface area contributed by atoms with Gasteiger partial charge >= 0.3 is 0 Å². The fourth-order valence-electron chi connectivity index (χ4n) is 1.34. The van der Waals surface area contributed by atoms with Gasteiger partial charge in [0.05, 0.1) is 6.61 Å². The molecule has 1 heterocycles. The van der Waals surface area contributed by atoms with Crippen molar-refractivity contribution in [3.8, 4) is 0 Å². The van der Waals surface area contributed by atoms with Crippen LogP contribution in [0, 0.1) is 13.8 Å². The number of aromatic nitrogens is 2. The third kappa shape index (κ3) is 2.61. The van der Waals surface area contributed by atoms with E-state index in [2.05, 4.69) is 10.2 Å². The first kappa shape index (κ1) is 11.6. The Hall–Kier alpha value is -0.910. The van der Waals surface area contributed by atoms with Crippen LogP contribution in [0.2, 0.25) is 0 Å². The molecule has 0 radical (unpaired) electrons. The molecule has 0 saturated carbocycles. The lowest BCUT2D eigenvalue weighted by atomic mass is 10.1. The Labute approximate surface area is 103 Å². The van der Waals surface area contributed by atoms with Crippen molar-refractivity contribution in [3.63, 3.8) is 0 Å². The molecule has 0 atom stereocenters. The van der Waals surface area contributed by atoms with E-state index in [0.29, 0.717) is 0 Å². The molecule has 0 aliphatic rings. The maximum Gasteiger partial charge on any atom is 0.179 e. The molecular weight excluding hydrogens is 240 g/mol. The quantitative estimate of drug-likeness (QED) is 0.912. The highest BCUT2D eigenvalue weighted by atomic mass is 32.2. The van der Waals surface area contributed by atoms with Crippen LogP contribution in [0.5, 0.6) is 0 Å². The molecule has 0 amide bonds. The summed E-state index contributed by atoms with van der Waals surface area (Å²) in [6.45, 7) is 4.07. The molecule has 3 nitrogen and oxygen atoms in total. The van der Waals surface area contributed by atoms with Crippen molar-refractivity contribution < 1.29 is 5.11 Å². The van der Waals surface area contributed by atoms with E-state index >= 15 is 0 Å². The molecule has 0 fully saturated rings. The fourth-order valence-corrected chi connectivity index (χ4v) is 3.18. The van der Waals surface area contributed by atoms with Gasteiger partial charge in [0.15, 0.2) is 4.34 Å². The number of hydrogen-bond donors (Lipinski definition) is 1. The van der Waals surface area contributed by atoms with Crippen molar-refractivity contribution in [1.82, 2.24) is 10.2 Å². The van der Waals surface area contributed by atoms with Crippen LogP contribution in [0.25, 0.3) is 0 Å². The van der Waals surface area contributed by atoms with Crippen LogP contribution >= 0.6 is 23.1 Å².